The van der Waals surface area contributed by atoms with Gasteiger partial charge in [-0.1, -0.05) is 13.3 Å². The predicted molar refractivity (Wildman–Crippen MR) is 74.6 cm³/mol. The van der Waals surface area contributed by atoms with E-state index in [0.717, 1.165) is 38.3 Å². The monoisotopic (exact) mass is 275 g/mol. The smallest absolute Gasteiger partial charge is 0.244 e. The third kappa shape index (κ3) is 2.81. The molecule has 0 spiro atoms. The van der Waals surface area contributed by atoms with Gasteiger partial charge >= 0.3 is 0 Å². The van der Waals surface area contributed by atoms with E-state index in [9.17, 15) is 9.18 Å². The summed E-state index contributed by atoms with van der Waals surface area (Å²) in [6, 6.07) is 5.92. The van der Waals surface area contributed by atoms with Crippen molar-refractivity contribution in [3.8, 4) is 6.07 Å². The van der Waals surface area contributed by atoms with Crippen molar-refractivity contribution >= 4 is 11.6 Å². The first kappa shape index (κ1) is 14.5. The summed E-state index contributed by atoms with van der Waals surface area (Å²) in [7, 11) is 0. The van der Waals surface area contributed by atoms with E-state index < -0.39 is 11.4 Å². The SMILES string of the molecule is CCCC1(C(=O)Nc2ccc(C#N)cc2F)CCCN1. The Bertz CT molecular complexity index is 545. The van der Waals surface area contributed by atoms with Crippen LogP contribution in [0.25, 0.3) is 0 Å². The van der Waals surface area contributed by atoms with E-state index in [4.69, 9.17) is 5.26 Å². The topological polar surface area (TPSA) is 64.9 Å². The fourth-order valence-electron chi connectivity index (χ4n) is 2.68. The Labute approximate surface area is 118 Å². The van der Waals surface area contributed by atoms with Gasteiger partial charge in [0.15, 0.2) is 0 Å². The number of anilines is 1. The molecule has 106 valence electrons. The minimum absolute atomic E-state index is 0.123. The van der Waals surface area contributed by atoms with Gasteiger partial charge in [0, 0.05) is 0 Å². The normalized spacial score (nSPS) is 21.4. The zero-order valence-corrected chi connectivity index (χ0v) is 11.5. The standard InChI is InChI=1S/C15H18FN3O/c1-2-6-15(7-3-8-18-15)14(20)19-13-5-4-11(10-17)9-12(13)16/h4-5,9,18H,2-3,6-8H2,1H3,(H,19,20). The van der Waals surface area contributed by atoms with Gasteiger partial charge in [0.25, 0.3) is 0 Å². The highest BCUT2D eigenvalue weighted by Gasteiger charge is 2.40. The maximum Gasteiger partial charge on any atom is 0.244 e. The van der Waals surface area contributed by atoms with Crippen LogP contribution >= 0.6 is 0 Å². The molecule has 1 amide bonds. The number of carbonyl (C=O) groups is 1. The second kappa shape index (κ2) is 6.02. The molecule has 2 N–H and O–H groups in total. The molecule has 1 aliphatic heterocycles. The van der Waals surface area contributed by atoms with E-state index in [1.54, 1.807) is 0 Å². The minimum Gasteiger partial charge on any atom is -0.322 e. The molecule has 0 aliphatic carbocycles. The highest BCUT2D eigenvalue weighted by molar-refractivity contribution is 5.98. The molecular formula is C15H18FN3O. The van der Waals surface area contributed by atoms with Gasteiger partial charge in [-0.15, -0.1) is 0 Å². The number of nitrogens with zero attached hydrogens (tertiary/aromatic N) is 1. The molecule has 5 heteroatoms. The van der Waals surface area contributed by atoms with E-state index in [0.29, 0.717) is 0 Å². The molecule has 1 heterocycles. The van der Waals surface area contributed by atoms with Gasteiger partial charge in [0.2, 0.25) is 5.91 Å². The first-order valence-electron chi connectivity index (χ1n) is 6.87. The molecular weight excluding hydrogens is 257 g/mol. The lowest BCUT2D eigenvalue weighted by Crippen LogP contribution is -2.50. The fourth-order valence-corrected chi connectivity index (χ4v) is 2.68. The molecule has 0 aromatic heterocycles. The molecule has 1 unspecified atom stereocenters. The van der Waals surface area contributed by atoms with Gasteiger partial charge in [-0.05, 0) is 44.0 Å². The van der Waals surface area contributed by atoms with Crippen molar-refractivity contribution in [1.29, 1.82) is 5.26 Å². The lowest BCUT2D eigenvalue weighted by Gasteiger charge is -2.27. The summed E-state index contributed by atoms with van der Waals surface area (Å²) >= 11 is 0. The number of hydrogen-bond donors (Lipinski definition) is 2. The van der Waals surface area contributed by atoms with Crippen LogP contribution in [0.3, 0.4) is 0 Å². The number of carbonyl (C=O) groups excluding carboxylic acids is 1. The average molecular weight is 275 g/mol. The van der Waals surface area contributed by atoms with Crippen LogP contribution in [0.15, 0.2) is 18.2 Å². The van der Waals surface area contributed by atoms with E-state index in [2.05, 4.69) is 10.6 Å². The zero-order valence-electron chi connectivity index (χ0n) is 11.5. The molecule has 1 aromatic carbocycles. The molecule has 2 rings (SSSR count). The van der Waals surface area contributed by atoms with Crippen LogP contribution in [0.2, 0.25) is 0 Å². The van der Waals surface area contributed by atoms with Crippen LogP contribution in [0, 0.1) is 17.1 Å². The summed E-state index contributed by atoms with van der Waals surface area (Å²) in [4.78, 5) is 12.4. The Morgan fingerprint density at radius 2 is 2.40 bits per heavy atom. The summed E-state index contributed by atoms with van der Waals surface area (Å²) < 4.78 is 13.8. The first-order valence-corrected chi connectivity index (χ1v) is 6.87. The first-order chi connectivity index (χ1) is 9.61. The Hall–Kier alpha value is -1.93. The van der Waals surface area contributed by atoms with Gasteiger partial charge in [0.1, 0.15) is 5.82 Å². The van der Waals surface area contributed by atoms with Gasteiger partial charge in [-0.2, -0.15) is 5.26 Å². The number of halogens is 1. The Balaban J connectivity index is 2.16. The average Bonchev–Trinajstić information content (AvgIpc) is 2.91. The van der Waals surface area contributed by atoms with Crippen molar-refractivity contribution in [2.75, 3.05) is 11.9 Å². The lowest BCUT2D eigenvalue weighted by molar-refractivity contribution is -0.122. The number of amides is 1. The van der Waals surface area contributed by atoms with E-state index >= 15 is 0 Å². The molecule has 20 heavy (non-hydrogen) atoms. The largest absolute Gasteiger partial charge is 0.322 e. The molecule has 0 saturated carbocycles. The van der Waals surface area contributed by atoms with Crippen LogP contribution in [-0.2, 0) is 4.79 Å². The second-order valence-corrected chi connectivity index (χ2v) is 5.12. The Kier molecular flexibility index (Phi) is 4.35. The molecule has 1 aromatic rings. The predicted octanol–water partition coefficient (Wildman–Crippen LogP) is 2.56. The fraction of sp³-hybridized carbons (Fsp3) is 0.467. The van der Waals surface area contributed by atoms with E-state index in [-0.39, 0.29) is 17.2 Å². The highest BCUT2D eigenvalue weighted by atomic mass is 19.1. The molecule has 1 saturated heterocycles. The molecule has 1 atom stereocenters. The highest BCUT2D eigenvalue weighted by Crippen LogP contribution is 2.27. The molecule has 0 bridgehead atoms. The quantitative estimate of drug-likeness (QED) is 0.887. The number of benzene rings is 1. The summed E-state index contributed by atoms with van der Waals surface area (Å²) in [5.41, 5.74) is -0.226. The molecule has 4 nitrogen and oxygen atoms in total. The second-order valence-electron chi connectivity index (χ2n) is 5.12. The van der Waals surface area contributed by atoms with Crippen LogP contribution in [0.1, 0.15) is 38.2 Å². The van der Waals surface area contributed by atoms with Crippen molar-refractivity contribution in [3.05, 3.63) is 29.6 Å². The van der Waals surface area contributed by atoms with E-state index in [1.807, 2.05) is 13.0 Å². The number of nitrogens with one attached hydrogen (secondary N) is 2. The molecule has 1 fully saturated rings. The van der Waals surface area contributed by atoms with Crippen molar-refractivity contribution < 1.29 is 9.18 Å². The maximum atomic E-state index is 13.8. The number of rotatable bonds is 4. The zero-order chi connectivity index (χ0) is 14.6. The maximum absolute atomic E-state index is 13.8. The van der Waals surface area contributed by atoms with Gasteiger partial charge in [-0.25, -0.2) is 4.39 Å². The van der Waals surface area contributed by atoms with Crippen molar-refractivity contribution in [3.63, 3.8) is 0 Å². The van der Waals surface area contributed by atoms with Crippen LogP contribution in [0.4, 0.5) is 10.1 Å². The van der Waals surface area contributed by atoms with Gasteiger partial charge < -0.3 is 10.6 Å². The third-order valence-corrected chi connectivity index (χ3v) is 3.70. The third-order valence-electron chi connectivity index (χ3n) is 3.70. The van der Waals surface area contributed by atoms with Crippen molar-refractivity contribution in [1.82, 2.24) is 5.32 Å². The summed E-state index contributed by atoms with van der Waals surface area (Å²) in [5.74, 6) is -0.775. The number of nitriles is 1. The van der Waals surface area contributed by atoms with Crippen LogP contribution in [-0.4, -0.2) is 18.0 Å². The summed E-state index contributed by atoms with van der Waals surface area (Å²) in [5, 5.41) is 14.6. The molecule has 0 radical (unpaired) electrons. The minimum atomic E-state index is -0.588. The van der Waals surface area contributed by atoms with E-state index in [1.165, 1.54) is 12.1 Å². The van der Waals surface area contributed by atoms with Crippen LogP contribution in [0.5, 0.6) is 0 Å². The van der Waals surface area contributed by atoms with Crippen molar-refractivity contribution in [2.24, 2.45) is 0 Å². The van der Waals surface area contributed by atoms with Crippen molar-refractivity contribution in [2.45, 2.75) is 38.1 Å². The molecule has 1 aliphatic rings. The van der Waals surface area contributed by atoms with Crippen LogP contribution < -0.4 is 10.6 Å². The number of hydrogen-bond acceptors (Lipinski definition) is 3. The Morgan fingerprint density at radius 1 is 1.60 bits per heavy atom. The lowest BCUT2D eigenvalue weighted by atomic mass is 9.90. The van der Waals surface area contributed by atoms with Gasteiger partial charge in [0.05, 0.1) is 22.9 Å². The summed E-state index contributed by atoms with van der Waals surface area (Å²) in [6.45, 7) is 2.83. The van der Waals surface area contributed by atoms with Gasteiger partial charge in [-0.3, -0.25) is 4.79 Å². The Morgan fingerprint density at radius 3 is 2.95 bits per heavy atom. The summed E-state index contributed by atoms with van der Waals surface area (Å²) in [6.07, 6.45) is 3.33.